The number of aryl methyl sites for hydroxylation is 1. The maximum atomic E-state index is 5.84. The maximum Gasteiger partial charge on any atom is 0.0420 e. The summed E-state index contributed by atoms with van der Waals surface area (Å²) in [6.45, 7) is 3.94. The van der Waals surface area contributed by atoms with Crippen LogP contribution >= 0.6 is 11.8 Å². The summed E-state index contributed by atoms with van der Waals surface area (Å²) in [5, 5.41) is 0.430. The predicted octanol–water partition coefficient (Wildman–Crippen LogP) is 2.29. The molecule has 0 spiro atoms. The van der Waals surface area contributed by atoms with E-state index in [-0.39, 0.29) is 0 Å². The van der Waals surface area contributed by atoms with Crippen LogP contribution in [0.5, 0.6) is 0 Å². The first-order valence-electron chi connectivity index (χ1n) is 5.66. The highest BCUT2D eigenvalue weighted by atomic mass is 32.2. The van der Waals surface area contributed by atoms with Gasteiger partial charge in [0.05, 0.1) is 0 Å². The zero-order valence-electron chi connectivity index (χ0n) is 10.4. The van der Waals surface area contributed by atoms with Crippen LogP contribution < -0.4 is 5.73 Å². The Morgan fingerprint density at radius 3 is 2.69 bits per heavy atom. The molecule has 0 saturated carbocycles. The van der Waals surface area contributed by atoms with Crippen molar-refractivity contribution in [2.24, 2.45) is 5.73 Å². The molecule has 0 aliphatic heterocycles. The quantitative estimate of drug-likeness (QED) is 0.824. The predicted molar refractivity (Wildman–Crippen MR) is 74.0 cm³/mol. The lowest BCUT2D eigenvalue weighted by molar-refractivity contribution is 0.437. The van der Waals surface area contributed by atoms with Crippen molar-refractivity contribution < 1.29 is 0 Å². The molecule has 0 aliphatic rings. The molecule has 0 heterocycles. The van der Waals surface area contributed by atoms with Gasteiger partial charge in [0, 0.05) is 24.1 Å². The minimum Gasteiger partial charge on any atom is -0.329 e. The minimum atomic E-state index is 0.430. The first-order chi connectivity index (χ1) is 7.63. The second-order valence-electron chi connectivity index (χ2n) is 4.31. The van der Waals surface area contributed by atoms with Gasteiger partial charge < -0.3 is 10.6 Å². The summed E-state index contributed by atoms with van der Waals surface area (Å²) >= 11 is 1.94. The average molecular weight is 238 g/mol. The van der Waals surface area contributed by atoms with Crippen LogP contribution in [0.15, 0.2) is 24.3 Å². The molecule has 1 aromatic carbocycles. The molecule has 2 N–H and O–H groups in total. The molecule has 1 rings (SSSR count). The molecule has 16 heavy (non-hydrogen) atoms. The second kappa shape index (κ2) is 6.94. The van der Waals surface area contributed by atoms with Crippen molar-refractivity contribution in [3.8, 4) is 0 Å². The molecule has 1 atom stereocenters. The Labute approximate surface area is 103 Å². The highest BCUT2D eigenvalue weighted by Crippen LogP contribution is 2.27. The van der Waals surface area contributed by atoms with Crippen molar-refractivity contribution in [1.82, 2.24) is 4.90 Å². The van der Waals surface area contributed by atoms with Crippen LogP contribution in [0.4, 0.5) is 0 Å². The van der Waals surface area contributed by atoms with E-state index < -0.39 is 0 Å². The van der Waals surface area contributed by atoms with Crippen molar-refractivity contribution in [2.45, 2.75) is 12.2 Å². The summed E-state index contributed by atoms with van der Waals surface area (Å²) in [5.74, 6) is 1.13. The van der Waals surface area contributed by atoms with Crippen LogP contribution in [0.1, 0.15) is 16.4 Å². The maximum absolute atomic E-state index is 5.84. The van der Waals surface area contributed by atoms with Gasteiger partial charge >= 0.3 is 0 Å². The number of hydrogen-bond acceptors (Lipinski definition) is 3. The van der Waals surface area contributed by atoms with Crippen molar-refractivity contribution in [1.29, 1.82) is 0 Å². The van der Waals surface area contributed by atoms with E-state index in [0.29, 0.717) is 11.8 Å². The Morgan fingerprint density at radius 2 is 2.12 bits per heavy atom. The number of thioether (sulfide) groups is 1. The summed E-state index contributed by atoms with van der Waals surface area (Å²) in [6.07, 6.45) is 0. The average Bonchev–Trinajstić information content (AvgIpc) is 2.24. The summed E-state index contributed by atoms with van der Waals surface area (Å²) in [4.78, 5) is 2.21. The molecular weight excluding hydrogens is 216 g/mol. The molecule has 3 heteroatoms. The van der Waals surface area contributed by atoms with Crippen molar-refractivity contribution >= 4 is 11.8 Å². The highest BCUT2D eigenvalue weighted by Gasteiger charge is 2.09. The first-order valence-corrected chi connectivity index (χ1v) is 6.71. The van der Waals surface area contributed by atoms with Gasteiger partial charge in [-0.25, -0.2) is 0 Å². The number of nitrogens with two attached hydrogens (primary N) is 1. The smallest absolute Gasteiger partial charge is 0.0420 e. The van der Waals surface area contributed by atoms with Gasteiger partial charge in [0.1, 0.15) is 0 Å². The molecule has 90 valence electrons. The van der Waals surface area contributed by atoms with Crippen molar-refractivity contribution in [3.05, 3.63) is 35.4 Å². The number of hydrogen-bond donors (Lipinski definition) is 1. The van der Waals surface area contributed by atoms with Crippen LogP contribution in [-0.2, 0) is 0 Å². The van der Waals surface area contributed by atoms with Gasteiger partial charge in [-0.2, -0.15) is 11.8 Å². The Balaban J connectivity index is 2.53. The standard InChI is InChI=1S/C13H22N2S/c1-11-5-4-6-12(9-11)13(10-14)16-8-7-15(2)3/h4-6,9,13H,7-8,10,14H2,1-3H3. The summed E-state index contributed by atoms with van der Waals surface area (Å²) < 4.78 is 0. The van der Waals surface area contributed by atoms with Crippen LogP contribution in [0.3, 0.4) is 0 Å². The van der Waals surface area contributed by atoms with Gasteiger partial charge in [0.2, 0.25) is 0 Å². The molecular formula is C13H22N2S. The van der Waals surface area contributed by atoms with E-state index in [1.807, 2.05) is 11.8 Å². The minimum absolute atomic E-state index is 0.430. The van der Waals surface area contributed by atoms with Crippen LogP contribution in [-0.4, -0.2) is 37.8 Å². The van der Waals surface area contributed by atoms with Gasteiger partial charge in [-0.1, -0.05) is 29.8 Å². The number of rotatable bonds is 6. The second-order valence-corrected chi connectivity index (χ2v) is 5.62. The van der Waals surface area contributed by atoms with Gasteiger partial charge in [0.15, 0.2) is 0 Å². The van der Waals surface area contributed by atoms with Crippen molar-refractivity contribution in [3.63, 3.8) is 0 Å². The molecule has 0 radical (unpaired) electrons. The molecule has 0 amide bonds. The number of benzene rings is 1. The lowest BCUT2D eigenvalue weighted by atomic mass is 10.1. The number of nitrogens with zero attached hydrogens (tertiary/aromatic N) is 1. The summed E-state index contributed by atoms with van der Waals surface area (Å²) in [7, 11) is 4.20. The Morgan fingerprint density at radius 1 is 1.38 bits per heavy atom. The third kappa shape index (κ3) is 4.56. The fraction of sp³-hybridized carbons (Fsp3) is 0.538. The summed E-state index contributed by atoms with van der Waals surface area (Å²) in [5.41, 5.74) is 8.50. The highest BCUT2D eigenvalue weighted by molar-refractivity contribution is 7.99. The van der Waals surface area contributed by atoms with E-state index in [0.717, 1.165) is 12.3 Å². The monoisotopic (exact) mass is 238 g/mol. The Kier molecular flexibility index (Phi) is 5.88. The molecule has 0 saturated heterocycles. The molecule has 0 aromatic heterocycles. The molecule has 0 aliphatic carbocycles. The van der Waals surface area contributed by atoms with Crippen LogP contribution in [0.2, 0.25) is 0 Å². The zero-order valence-corrected chi connectivity index (χ0v) is 11.3. The SMILES string of the molecule is Cc1cccc(C(CN)SCCN(C)C)c1. The molecule has 2 nitrogen and oxygen atoms in total. The first kappa shape index (κ1) is 13.6. The van der Waals surface area contributed by atoms with E-state index >= 15 is 0 Å². The van der Waals surface area contributed by atoms with Gasteiger partial charge in [0.25, 0.3) is 0 Å². The molecule has 1 aromatic rings. The fourth-order valence-corrected chi connectivity index (χ4v) is 2.78. The van der Waals surface area contributed by atoms with Crippen LogP contribution in [0, 0.1) is 6.92 Å². The normalized spacial score (nSPS) is 13.1. The van der Waals surface area contributed by atoms with E-state index in [1.165, 1.54) is 11.1 Å². The third-order valence-corrected chi connectivity index (χ3v) is 3.77. The third-order valence-electron chi connectivity index (χ3n) is 2.49. The van der Waals surface area contributed by atoms with Gasteiger partial charge in [-0.3, -0.25) is 0 Å². The molecule has 0 bridgehead atoms. The largest absolute Gasteiger partial charge is 0.329 e. The Hall–Kier alpha value is -0.510. The van der Waals surface area contributed by atoms with E-state index in [2.05, 4.69) is 50.2 Å². The lowest BCUT2D eigenvalue weighted by Gasteiger charge is -2.17. The van der Waals surface area contributed by atoms with Gasteiger partial charge in [-0.05, 0) is 26.6 Å². The summed E-state index contributed by atoms with van der Waals surface area (Å²) in [6, 6.07) is 8.65. The zero-order chi connectivity index (χ0) is 12.0. The Bertz CT molecular complexity index is 313. The fourth-order valence-electron chi connectivity index (χ4n) is 1.55. The van der Waals surface area contributed by atoms with Gasteiger partial charge in [-0.15, -0.1) is 0 Å². The lowest BCUT2D eigenvalue weighted by Crippen LogP contribution is -2.17. The molecule has 1 unspecified atom stereocenters. The van der Waals surface area contributed by atoms with Crippen molar-refractivity contribution in [2.75, 3.05) is 32.9 Å². The topological polar surface area (TPSA) is 29.3 Å². The van der Waals surface area contributed by atoms with Crippen LogP contribution in [0.25, 0.3) is 0 Å². The van der Waals surface area contributed by atoms with E-state index in [9.17, 15) is 0 Å². The molecule has 0 fully saturated rings. The van der Waals surface area contributed by atoms with E-state index in [4.69, 9.17) is 5.73 Å². The van der Waals surface area contributed by atoms with E-state index in [1.54, 1.807) is 0 Å².